The Hall–Kier alpha value is -2.44. The lowest BCUT2D eigenvalue weighted by molar-refractivity contribution is -0.131. The Kier molecular flexibility index (Phi) is 4.10. The van der Waals surface area contributed by atoms with Crippen molar-refractivity contribution in [3.05, 3.63) is 54.1 Å². The van der Waals surface area contributed by atoms with E-state index in [1.54, 1.807) is 18.3 Å². The van der Waals surface area contributed by atoms with Crippen molar-refractivity contribution in [1.82, 2.24) is 14.8 Å². The van der Waals surface area contributed by atoms with Gasteiger partial charge in [0.1, 0.15) is 5.75 Å². The number of piperazine rings is 1. The van der Waals surface area contributed by atoms with Crippen LogP contribution in [-0.4, -0.2) is 45.9 Å². The first-order valence-corrected chi connectivity index (χ1v) is 10.1. The molecule has 1 amide bonds. The zero-order valence-electron chi connectivity index (χ0n) is 15.2. The molecule has 0 saturated carbocycles. The SMILES string of the molecule is CC(=O)N1CC2CC1CN2Cc1ccc(Oc2nc3ccccc3s2)cc1. The lowest BCUT2D eigenvalue weighted by atomic mass is 10.2. The van der Waals surface area contributed by atoms with Gasteiger partial charge in [0.25, 0.3) is 5.19 Å². The van der Waals surface area contributed by atoms with Crippen molar-refractivity contribution in [2.45, 2.75) is 32.0 Å². The van der Waals surface area contributed by atoms with Crippen molar-refractivity contribution >= 4 is 27.5 Å². The summed E-state index contributed by atoms with van der Waals surface area (Å²) in [6.07, 6.45) is 1.11. The molecule has 27 heavy (non-hydrogen) atoms. The average Bonchev–Trinajstić information content (AvgIpc) is 3.36. The lowest BCUT2D eigenvalue weighted by Gasteiger charge is -2.33. The van der Waals surface area contributed by atoms with E-state index in [9.17, 15) is 4.79 Å². The number of hydrogen-bond donors (Lipinski definition) is 0. The van der Waals surface area contributed by atoms with E-state index in [4.69, 9.17) is 4.74 Å². The fraction of sp³-hybridized carbons (Fsp3) is 0.333. The summed E-state index contributed by atoms with van der Waals surface area (Å²) in [6, 6.07) is 17.2. The molecule has 2 unspecified atom stereocenters. The van der Waals surface area contributed by atoms with Crippen LogP contribution in [0.25, 0.3) is 10.2 Å². The summed E-state index contributed by atoms with van der Waals surface area (Å²) < 4.78 is 7.06. The predicted molar refractivity (Wildman–Crippen MR) is 106 cm³/mol. The van der Waals surface area contributed by atoms with E-state index in [1.165, 1.54) is 5.56 Å². The maximum absolute atomic E-state index is 11.6. The van der Waals surface area contributed by atoms with Gasteiger partial charge in [0.05, 0.1) is 10.2 Å². The molecule has 138 valence electrons. The van der Waals surface area contributed by atoms with Crippen molar-refractivity contribution in [2.75, 3.05) is 13.1 Å². The van der Waals surface area contributed by atoms with Crippen LogP contribution in [0, 0.1) is 0 Å². The van der Waals surface area contributed by atoms with Gasteiger partial charge in [0, 0.05) is 38.6 Å². The van der Waals surface area contributed by atoms with Crippen molar-refractivity contribution in [3.63, 3.8) is 0 Å². The van der Waals surface area contributed by atoms with Crippen LogP contribution in [0.5, 0.6) is 10.9 Å². The van der Waals surface area contributed by atoms with Gasteiger partial charge in [0.15, 0.2) is 0 Å². The quantitative estimate of drug-likeness (QED) is 0.690. The van der Waals surface area contributed by atoms with Gasteiger partial charge < -0.3 is 9.64 Å². The smallest absolute Gasteiger partial charge is 0.279 e. The predicted octanol–water partition coefficient (Wildman–Crippen LogP) is 3.89. The minimum Gasteiger partial charge on any atom is -0.431 e. The molecule has 3 heterocycles. The molecule has 2 fully saturated rings. The first-order valence-electron chi connectivity index (χ1n) is 9.29. The molecule has 6 heteroatoms. The van der Waals surface area contributed by atoms with Gasteiger partial charge in [-0.05, 0) is 36.2 Å². The van der Waals surface area contributed by atoms with Crippen LogP contribution in [-0.2, 0) is 11.3 Å². The van der Waals surface area contributed by atoms with Crippen LogP contribution < -0.4 is 4.74 Å². The zero-order valence-corrected chi connectivity index (χ0v) is 16.0. The molecule has 3 aromatic rings. The van der Waals surface area contributed by atoms with Gasteiger partial charge in [-0.1, -0.05) is 35.6 Å². The molecule has 2 aliphatic rings. The van der Waals surface area contributed by atoms with Crippen molar-refractivity contribution < 1.29 is 9.53 Å². The first-order chi connectivity index (χ1) is 13.2. The summed E-state index contributed by atoms with van der Waals surface area (Å²) in [5, 5.41) is 0.671. The molecule has 0 aliphatic carbocycles. The van der Waals surface area contributed by atoms with Crippen LogP contribution in [0.3, 0.4) is 0 Å². The highest BCUT2D eigenvalue weighted by Gasteiger charge is 2.43. The molecule has 0 radical (unpaired) electrons. The fourth-order valence-electron chi connectivity index (χ4n) is 4.22. The van der Waals surface area contributed by atoms with Crippen LogP contribution in [0.15, 0.2) is 48.5 Å². The Morgan fingerprint density at radius 2 is 1.96 bits per heavy atom. The number of carbonyl (C=O) groups excluding carboxylic acids is 1. The van der Waals surface area contributed by atoms with Crippen LogP contribution >= 0.6 is 11.3 Å². The molecular weight excluding hydrogens is 358 g/mol. The molecule has 0 N–H and O–H groups in total. The van der Waals surface area contributed by atoms with Gasteiger partial charge >= 0.3 is 0 Å². The van der Waals surface area contributed by atoms with Gasteiger partial charge in [-0.15, -0.1) is 0 Å². The van der Waals surface area contributed by atoms with Crippen LogP contribution in [0.4, 0.5) is 0 Å². The Morgan fingerprint density at radius 1 is 1.15 bits per heavy atom. The minimum atomic E-state index is 0.207. The Bertz CT molecular complexity index is 952. The Morgan fingerprint density at radius 3 is 2.67 bits per heavy atom. The fourth-order valence-corrected chi connectivity index (χ4v) is 5.06. The van der Waals surface area contributed by atoms with Gasteiger partial charge in [0.2, 0.25) is 5.91 Å². The Labute approximate surface area is 162 Å². The van der Waals surface area contributed by atoms with Crippen LogP contribution in [0.1, 0.15) is 18.9 Å². The highest BCUT2D eigenvalue weighted by molar-refractivity contribution is 7.20. The summed E-state index contributed by atoms with van der Waals surface area (Å²) in [6.45, 7) is 4.45. The van der Waals surface area contributed by atoms with E-state index in [0.29, 0.717) is 17.3 Å². The van der Waals surface area contributed by atoms with Gasteiger partial charge in [-0.25, -0.2) is 4.98 Å². The maximum Gasteiger partial charge on any atom is 0.279 e. The number of fused-ring (bicyclic) bond motifs is 3. The number of aromatic nitrogens is 1. The van der Waals surface area contributed by atoms with E-state index < -0.39 is 0 Å². The number of carbonyl (C=O) groups is 1. The second-order valence-electron chi connectivity index (χ2n) is 7.34. The third kappa shape index (κ3) is 3.19. The number of rotatable bonds is 4. The number of likely N-dealkylation sites (tertiary alicyclic amines) is 2. The van der Waals surface area contributed by atoms with Gasteiger partial charge in [-0.2, -0.15) is 0 Å². The monoisotopic (exact) mass is 379 g/mol. The van der Waals surface area contributed by atoms with E-state index in [2.05, 4.69) is 28.1 Å². The molecule has 5 nitrogen and oxygen atoms in total. The number of nitrogens with zero attached hydrogens (tertiary/aromatic N) is 3. The molecular formula is C21H21N3O2S. The zero-order chi connectivity index (χ0) is 18.4. The molecule has 2 saturated heterocycles. The molecule has 2 bridgehead atoms. The van der Waals surface area contributed by atoms with E-state index in [-0.39, 0.29) is 5.91 Å². The molecule has 2 aliphatic heterocycles. The standard InChI is InChI=1S/C21H21N3O2S/c1-14(25)24-13-16-10-17(24)12-23(16)11-15-6-8-18(9-7-15)26-21-22-19-4-2-3-5-20(19)27-21/h2-9,16-17H,10-13H2,1H3. The number of amides is 1. The summed E-state index contributed by atoms with van der Waals surface area (Å²) in [5.41, 5.74) is 2.24. The largest absolute Gasteiger partial charge is 0.431 e. The lowest BCUT2D eigenvalue weighted by Crippen LogP contribution is -2.47. The summed E-state index contributed by atoms with van der Waals surface area (Å²) in [7, 11) is 0. The summed E-state index contributed by atoms with van der Waals surface area (Å²) >= 11 is 1.56. The average molecular weight is 379 g/mol. The number of benzene rings is 2. The molecule has 0 spiro atoms. The normalized spacial score (nSPS) is 21.9. The van der Waals surface area contributed by atoms with Crippen molar-refractivity contribution in [3.8, 4) is 10.9 Å². The highest BCUT2D eigenvalue weighted by Crippen LogP contribution is 2.33. The number of ether oxygens (including phenoxy) is 1. The number of hydrogen-bond acceptors (Lipinski definition) is 5. The maximum atomic E-state index is 11.6. The number of thiazole rings is 1. The molecule has 5 rings (SSSR count). The first kappa shape index (κ1) is 16.7. The third-order valence-electron chi connectivity index (χ3n) is 5.55. The van der Waals surface area contributed by atoms with Crippen molar-refractivity contribution in [1.29, 1.82) is 0 Å². The van der Waals surface area contributed by atoms with E-state index >= 15 is 0 Å². The van der Waals surface area contributed by atoms with Crippen LogP contribution in [0.2, 0.25) is 0 Å². The molecule has 2 atom stereocenters. The Balaban J connectivity index is 1.23. The summed E-state index contributed by atoms with van der Waals surface area (Å²) in [4.78, 5) is 20.7. The number of para-hydroxylation sites is 1. The highest BCUT2D eigenvalue weighted by atomic mass is 32.1. The topological polar surface area (TPSA) is 45.7 Å². The second kappa shape index (κ2) is 6.62. The third-order valence-corrected chi connectivity index (χ3v) is 6.46. The molecule has 2 aromatic carbocycles. The second-order valence-corrected chi connectivity index (χ2v) is 8.33. The van der Waals surface area contributed by atoms with Crippen molar-refractivity contribution in [2.24, 2.45) is 0 Å². The summed E-state index contributed by atoms with van der Waals surface area (Å²) in [5.74, 6) is 1.02. The van der Waals surface area contributed by atoms with E-state index in [0.717, 1.165) is 42.0 Å². The van der Waals surface area contributed by atoms with Gasteiger partial charge in [-0.3, -0.25) is 9.69 Å². The molecule has 1 aromatic heterocycles. The minimum absolute atomic E-state index is 0.207. The van der Waals surface area contributed by atoms with E-state index in [1.807, 2.05) is 35.2 Å².